The van der Waals surface area contributed by atoms with Gasteiger partial charge in [-0.1, -0.05) is 6.07 Å². The highest BCUT2D eigenvalue weighted by molar-refractivity contribution is 5.99. The lowest BCUT2D eigenvalue weighted by molar-refractivity contribution is -0.117. The van der Waals surface area contributed by atoms with Gasteiger partial charge in [0.1, 0.15) is 11.4 Å². The van der Waals surface area contributed by atoms with Crippen LogP contribution in [0.15, 0.2) is 42.7 Å². The Kier molecular flexibility index (Phi) is 4.88. The molecule has 6 heteroatoms. The first kappa shape index (κ1) is 16.8. The number of fused-ring (bicyclic) bond motifs is 1. The number of methoxy groups -OCH3 is 1. The Morgan fingerprint density at radius 2 is 2.12 bits per heavy atom. The lowest BCUT2D eigenvalue weighted by Crippen LogP contribution is -2.28. The van der Waals surface area contributed by atoms with Crippen LogP contribution < -0.4 is 14.4 Å². The monoisotopic (exact) mass is 339 g/mol. The van der Waals surface area contributed by atoms with Gasteiger partial charge in [-0.3, -0.25) is 4.79 Å². The molecular formula is C19H21N3O3. The molecule has 0 saturated heterocycles. The summed E-state index contributed by atoms with van der Waals surface area (Å²) in [5.74, 6) is 1.15. The van der Waals surface area contributed by atoms with E-state index in [1.165, 1.54) is 7.11 Å². The van der Waals surface area contributed by atoms with Gasteiger partial charge < -0.3 is 19.4 Å². The van der Waals surface area contributed by atoms with Gasteiger partial charge >= 0.3 is 0 Å². The van der Waals surface area contributed by atoms with Crippen molar-refractivity contribution in [2.75, 3.05) is 25.7 Å². The van der Waals surface area contributed by atoms with Gasteiger partial charge in [-0.15, -0.1) is 0 Å². The van der Waals surface area contributed by atoms with Crippen LogP contribution >= 0.6 is 0 Å². The number of aromatic amines is 1. The number of aromatic nitrogens is 2. The molecular weight excluding hydrogens is 318 g/mol. The van der Waals surface area contributed by atoms with Crippen LogP contribution in [0.2, 0.25) is 0 Å². The van der Waals surface area contributed by atoms with Crippen LogP contribution in [-0.4, -0.2) is 36.6 Å². The van der Waals surface area contributed by atoms with Crippen LogP contribution in [0.25, 0.3) is 10.9 Å². The van der Waals surface area contributed by atoms with Gasteiger partial charge in [0.25, 0.3) is 0 Å². The molecule has 0 aliphatic rings. The SMILES string of the molecule is CCOc1cccc2[nH]cc(CC(=O)N(C)c3cccnc3OC)c12. The van der Waals surface area contributed by atoms with E-state index >= 15 is 0 Å². The van der Waals surface area contributed by atoms with Gasteiger partial charge in [0.2, 0.25) is 11.8 Å². The normalized spacial score (nSPS) is 10.7. The minimum absolute atomic E-state index is 0.0569. The predicted molar refractivity (Wildman–Crippen MR) is 97.4 cm³/mol. The molecule has 0 radical (unpaired) electrons. The van der Waals surface area contributed by atoms with Crippen molar-refractivity contribution in [1.82, 2.24) is 9.97 Å². The number of pyridine rings is 1. The smallest absolute Gasteiger partial charge is 0.237 e. The summed E-state index contributed by atoms with van der Waals surface area (Å²) in [6.45, 7) is 2.52. The molecule has 25 heavy (non-hydrogen) atoms. The average molecular weight is 339 g/mol. The van der Waals surface area contributed by atoms with Gasteiger partial charge in [0.05, 0.1) is 20.1 Å². The van der Waals surface area contributed by atoms with E-state index in [-0.39, 0.29) is 12.3 Å². The molecule has 0 aliphatic carbocycles. The number of carbonyl (C=O) groups is 1. The quantitative estimate of drug-likeness (QED) is 0.749. The lowest BCUT2D eigenvalue weighted by Gasteiger charge is -2.19. The summed E-state index contributed by atoms with van der Waals surface area (Å²) in [7, 11) is 3.26. The van der Waals surface area contributed by atoms with Crippen LogP contribution in [0.4, 0.5) is 5.69 Å². The number of nitrogens with zero attached hydrogens (tertiary/aromatic N) is 2. The molecule has 0 atom stereocenters. The van der Waals surface area contributed by atoms with Crippen molar-refractivity contribution >= 4 is 22.5 Å². The second-order valence-electron chi connectivity index (χ2n) is 5.59. The highest BCUT2D eigenvalue weighted by Crippen LogP contribution is 2.30. The Labute approximate surface area is 146 Å². The van der Waals surface area contributed by atoms with Crippen LogP contribution in [0.5, 0.6) is 11.6 Å². The molecule has 2 aromatic heterocycles. The summed E-state index contributed by atoms with van der Waals surface area (Å²) in [6.07, 6.45) is 3.74. The first-order valence-electron chi connectivity index (χ1n) is 8.13. The number of anilines is 1. The maximum absolute atomic E-state index is 12.8. The highest BCUT2D eigenvalue weighted by Gasteiger charge is 2.19. The Bertz CT molecular complexity index is 889. The van der Waals surface area contributed by atoms with Crippen LogP contribution in [0, 0.1) is 0 Å². The topological polar surface area (TPSA) is 67.5 Å². The zero-order valence-electron chi connectivity index (χ0n) is 14.6. The number of hydrogen-bond donors (Lipinski definition) is 1. The van der Waals surface area contributed by atoms with E-state index in [4.69, 9.17) is 9.47 Å². The molecule has 0 bridgehead atoms. The molecule has 2 heterocycles. The van der Waals surface area contributed by atoms with Crippen molar-refractivity contribution < 1.29 is 14.3 Å². The molecule has 130 valence electrons. The van der Waals surface area contributed by atoms with E-state index in [1.54, 1.807) is 24.2 Å². The third-order valence-electron chi connectivity index (χ3n) is 4.07. The molecule has 0 unspecified atom stereocenters. The van der Waals surface area contributed by atoms with Crippen LogP contribution in [-0.2, 0) is 11.2 Å². The zero-order valence-corrected chi connectivity index (χ0v) is 14.6. The number of amides is 1. The third-order valence-corrected chi connectivity index (χ3v) is 4.07. The molecule has 0 spiro atoms. The van der Waals surface area contributed by atoms with E-state index in [0.29, 0.717) is 18.2 Å². The minimum atomic E-state index is -0.0569. The molecule has 3 aromatic rings. The van der Waals surface area contributed by atoms with Crippen LogP contribution in [0.1, 0.15) is 12.5 Å². The number of H-pyrrole nitrogens is 1. The first-order chi connectivity index (χ1) is 12.2. The first-order valence-corrected chi connectivity index (χ1v) is 8.13. The summed E-state index contributed by atoms with van der Waals surface area (Å²) < 4.78 is 10.9. The van der Waals surface area contributed by atoms with E-state index in [2.05, 4.69) is 9.97 Å². The van der Waals surface area contributed by atoms with Gasteiger partial charge in [-0.05, 0) is 36.8 Å². The molecule has 0 saturated carbocycles. The van der Waals surface area contributed by atoms with Crippen molar-refractivity contribution in [3.8, 4) is 11.6 Å². The molecule has 1 amide bonds. The van der Waals surface area contributed by atoms with E-state index < -0.39 is 0 Å². The Balaban J connectivity index is 1.89. The molecule has 6 nitrogen and oxygen atoms in total. The summed E-state index contributed by atoms with van der Waals surface area (Å²) in [4.78, 5) is 21.7. The fraction of sp³-hybridized carbons (Fsp3) is 0.263. The largest absolute Gasteiger partial charge is 0.493 e. The van der Waals surface area contributed by atoms with Crippen molar-refractivity contribution in [3.63, 3.8) is 0 Å². The van der Waals surface area contributed by atoms with Gasteiger partial charge in [0.15, 0.2) is 0 Å². The molecule has 0 aliphatic heterocycles. The van der Waals surface area contributed by atoms with E-state index in [9.17, 15) is 4.79 Å². The van der Waals surface area contributed by atoms with E-state index in [1.807, 2.05) is 37.4 Å². The third kappa shape index (κ3) is 3.28. The maximum Gasteiger partial charge on any atom is 0.237 e. The summed E-state index contributed by atoms with van der Waals surface area (Å²) >= 11 is 0. The molecule has 1 N–H and O–H groups in total. The minimum Gasteiger partial charge on any atom is -0.493 e. The van der Waals surface area contributed by atoms with Crippen LogP contribution in [0.3, 0.4) is 0 Å². The van der Waals surface area contributed by atoms with Crippen molar-refractivity contribution in [2.45, 2.75) is 13.3 Å². The number of hydrogen-bond acceptors (Lipinski definition) is 4. The Morgan fingerprint density at radius 1 is 1.28 bits per heavy atom. The maximum atomic E-state index is 12.8. The highest BCUT2D eigenvalue weighted by atomic mass is 16.5. The predicted octanol–water partition coefficient (Wildman–Crippen LogP) is 3.18. The Morgan fingerprint density at radius 3 is 2.88 bits per heavy atom. The number of carbonyl (C=O) groups excluding carboxylic acids is 1. The molecule has 0 fully saturated rings. The van der Waals surface area contributed by atoms with Crippen molar-refractivity contribution in [3.05, 3.63) is 48.3 Å². The second kappa shape index (κ2) is 7.25. The fourth-order valence-corrected chi connectivity index (χ4v) is 2.85. The molecule has 1 aromatic carbocycles. The second-order valence-corrected chi connectivity index (χ2v) is 5.59. The standard InChI is InChI=1S/C19H21N3O3/c1-4-25-16-9-5-7-14-18(16)13(12-21-14)11-17(23)22(2)15-8-6-10-20-19(15)24-3/h5-10,12,21H,4,11H2,1-3H3. The number of benzene rings is 1. The number of nitrogens with one attached hydrogen (secondary N) is 1. The van der Waals surface area contributed by atoms with Gasteiger partial charge in [0, 0.05) is 30.3 Å². The van der Waals surface area contributed by atoms with Gasteiger partial charge in [-0.2, -0.15) is 0 Å². The average Bonchev–Trinajstić information content (AvgIpc) is 3.05. The number of ether oxygens (including phenoxy) is 2. The summed E-state index contributed by atoms with van der Waals surface area (Å²) in [5, 5.41) is 0.948. The van der Waals surface area contributed by atoms with Gasteiger partial charge in [-0.25, -0.2) is 4.98 Å². The fourth-order valence-electron chi connectivity index (χ4n) is 2.85. The molecule has 3 rings (SSSR count). The summed E-state index contributed by atoms with van der Waals surface area (Å²) in [5.41, 5.74) is 2.49. The van der Waals surface area contributed by atoms with Crippen molar-refractivity contribution in [1.29, 1.82) is 0 Å². The lowest BCUT2D eigenvalue weighted by atomic mass is 10.1. The van der Waals surface area contributed by atoms with E-state index in [0.717, 1.165) is 22.2 Å². The number of rotatable bonds is 6. The Hall–Kier alpha value is -3.02. The van der Waals surface area contributed by atoms with Crippen molar-refractivity contribution in [2.24, 2.45) is 0 Å². The zero-order chi connectivity index (χ0) is 17.8. The summed E-state index contributed by atoms with van der Waals surface area (Å²) in [6, 6.07) is 9.41. The number of likely N-dealkylation sites (N-methyl/N-ethyl adjacent to an activating group) is 1.